The van der Waals surface area contributed by atoms with E-state index >= 15 is 0 Å². The van der Waals surface area contributed by atoms with Crippen molar-refractivity contribution in [3.05, 3.63) is 76.4 Å². The van der Waals surface area contributed by atoms with Gasteiger partial charge in [0.2, 0.25) is 0 Å². The number of allylic oxidation sites excluding steroid dienone is 1. The Balaban J connectivity index is 2.12. The number of aryl methyl sites for hydroxylation is 1. The van der Waals surface area contributed by atoms with Crippen molar-refractivity contribution in [1.29, 1.82) is 0 Å². The number of carboxylic acid groups (broad SMARTS) is 1. The first-order chi connectivity index (χ1) is 10.7. The van der Waals surface area contributed by atoms with Crippen LogP contribution < -0.4 is 5.32 Å². The van der Waals surface area contributed by atoms with E-state index in [9.17, 15) is 9.90 Å². The van der Waals surface area contributed by atoms with Crippen LogP contribution in [0.3, 0.4) is 0 Å². The predicted molar refractivity (Wildman–Crippen MR) is 88.0 cm³/mol. The molecule has 0 radical (unpaired) electrons. The fourth-order valence-corrected chi connectivity index (χ4v) is 3.04. The molecule has 0 unspecified atom stereocenters. The summed E-state index contributed by atoms with van der Waals surface area (Å²) in [6.07, 6.45) is 4.18. The average molecular weight is 293 g/mol. The second-order valence-corrected chi connectivity index (χ2v) is 5.52. The van der Waals surface area contributed by atoms with Crippen LogP contribution >= 0.6 is 0 Å². The lowest BCUT2D eigenvalue weighted by atomic mass is 9.84. The van der Waals surface area contributed by atoms with Gasteiger partial charge in [0, 0.05) is 6.54 Å². The zero-order valence-electron chi connectivity index (χ0n) is 12.6. The van der Waals surface area contributed by atoms with Crippen molar-refractivity contribution in [3.8, 4) is 0 Å². The van der Waals surface area contributed by atoms with Crippen molar-refractivity contribution >= 4 is 11.5 Å². The normalized spacial score (nSPS) is 13.4. The van der Waals surface area contributed by atoms with Gasteiger partial charge in [0.05, 0.1) is 5.56 Å². The van der Waals surface area contributed by atoms with Gasteiger partial charge in [-0.15, -0.1) is 0 Å². The largest absolute Gasteiger partial charge is 0.478 e. The van der Waals surface area contributed by atoms with Crippen molar-refractivity contribution in [3.63, 3.8) is 0 Å². The van der Waals surface area contributed by atoms with Gasteiger partial charge < -0.3 is 10.4 Å². The number of benzene rings is 2. The molecule has 0 fully saturated rings. The molecule has 1 aliphatic carbocycles. The molecule has 0 atom stereocenters. The topological polar surface area (TPSA) is 49.3 Å². The highest BCUT2D eigenvalue weighted by Gasteiger charge is 2.18. The molecule has 0 bridgehead atoms. The third-order valence-corrected chi connectivity index (χ3v) is 4.08. The van der Waals surface area contributed by atoms with Gasteiger partial charge in [-0.25, -0.2) is 4.79 Å². The number of aromatic carboxylic acids is 1. The highest BCUT2D eigenvalue weighted by atomic mass is 16.4. The summed E-state index contributed by atoms with van der Waals surface area (Å²) in [5.74, 6) is -0.878. The minimum Gasteiger partial charge on any atom is -0.478 e. The van der Waals surface area contributed by atoms with Crippen LogP contribution in [-0.4, -0.2) is 18.1 Å². The fourth-order valence-electron chi connectivity index (χ4n) is 3.04. The highest BCUT2D eigenvalue weighted by molar-refractivity contribution is 5.91. The Kier molecular flexibility index (Phi) is 4.07. The molecule has 3 nitrogen and oxygen atoms in total. The van der Waals surface area contributed by atoms with Crippen LogP contribution in [0.4, 0.5) is 0 Å². The fraction of sp³-hybridized carbons (Fsp3) is 0.211. The molecule has 3 heteroatoms. The highest BCUT2D eigenvalue weighted by Crippen LogP contribution is 2.34. The Morgan fingerprint density at radius 1 is 1.18 bits per heavy atom. The molecule has 0 amide bonds. The van der Waals surface area contributed by atoms with Crippen LogP contribution in [0.1, 0.15) is 39.0 Å². The monoisotopic (exact) mass is 293 g/mol. The van der Waals surface area contributed by atoms with Gasteiger partial charge in [-0.3, -0.25) is 0 Å². The standard InChI is InChI=1S/C19H19NO2/c1-20-12-15-5-2-3-7-16(15)17-8-4-6-13-9-10-14(19(21)22)11-18(13)17/h2-3,5,7-11,20H,4,6,12H2,1H3,(H,21,22). The van der Waals surface area contributed by atoms with Crippen molar-refractivity contribution in [1.82, 2.24) is 5.32 Å². The van der Waals surface area contributed by atoms with E-state index in [0.29, 0.717) is 5.56 Å². The number of carbonyl (C=O) groups is 1. The Morgan fingerprint density at radius 2 is 2.00 bits per heavy atom. The van der Waals surface area contributed by atoms with Gasteiger partial charge in [0.25, 0.3) is 0 Å². The number of fused-ring (bicyclic) bond motifs is 1. The summed E-state index contributed by atoms with van der Waals surface area (Å²) in [6.45, 7) is 0.793. The summed E-state index contributed by atoms with van der Waals surface area (Å²) in [6, 6.07) is 13.7. The van der Waals surface area contributed by atoms with E-state index in [2.05, 4.69) is 23.5 Å². The first kappa shape index (κ1) is 14.5. The third-order valence-electron chi connectivity index (χ3n) is 4.08. The molecule has 22 heavy (non-hydrogen) atoms. The molecular weight excluding hydrogens is 274 g/mol. The molecule has 112 valence electrons. The molecule has 2 aromatic carbocycles. The molecule has 3 rings (SSSR count). The minimum absolute atomic E-state index is 0.345. The maximum atomic E-state index is 11.3. The Hall–Kier alpha value is -2.39. The Bertz CT molecular complexity index is 747. The average Bonchev–Trinajstić information content (AvgIpc) is 2.54. The quantitative estimate of drug-likeness (QED) is 0.907. The van der Waals surface area contributed by atoms with Gasteiger partial charge in [0.1, 0.15) is 0 Å². The van der Waals surface area contributed by atoms with Crippen molar-refractivity contribution in [2.24, 2.45) is 0 Å². The first-order valence-corrected chi connectivity index (χ1v) is 7.50. The van der Waals surface area contributed by atoms with Crippen LogP contribution in [0.25, 0.3) is 5.57 Å². The van der Waals surface area contributed by atoms with E-state index in [0.717, 1.165) is 30.5 Å². The Morgan fingerprint density at radius 3 is 2.77 bits per heavy atom. The second kappa shape index (κ2) is 6.16. The third kappa shape index (κ3) is 2.68. The first-order valence-electron chi connectivity index (χ1n) is 7.50. The number of hydrogen-bond donors (Lipinski definition) is 2. The van der Waals surface area contributed by atoms with Crippen LogP contribution in [-0.2, 0) is 13.0 Å². The lowest BCUT2D eigenvalue weighted by Gasteiger charge is -2.21. The van der Waals surface area contributed by atoms with Gasteiger partial charge in [-0.05, 0) is 59.8 Å². The van der Waals surface area contributed by atoms with E-state index in [1.165, 1.54) is 16.7 Å². The molecule has 0 heterocycles. The predicted octanol–water partition coefficient (Wildman–Crippen LogP) is 3.48. The van der Waals surface area contributed by atoms with Crippen molar-refractivity contribution in [2.75, 3.05) is 7.05 Å². The van der Waals surface area contributed by atoms with Gasteiger partial charge in [-0.1, -0.05) is 36.4 Å². The second-order valence-electron chi connectivity index (χ2n) is 5.52. The van der Waals surface area contributed by atoms with Crippen molar-refractivity contribution < 1.29 is 9.90 Å². The zero-order chi connectivity index (χ0) is 15.5. The zero-order valence-corrected chi connectivity index (χ0v) is 12.6. The van der Waals surface area contributed by atoms with Crippen molar-refractivity contribution in [2.45, 2.75) is 19.4 Å². The smallest absolute Gasteiger partial charge is 0.335 e. The van der Waals surface area contributed by atoms with E-state index < -0.39 is 5.97 Å². The number of rotatable bonds is 4. The summed E-state index contributed by atoms with van der Waals surface area (Å²) in [4.78, 5) is 11.3. The summed E-state index contributed by atoms with van der Waals surface area (Å²) in [5.41, 5.74) is 6.18. The molecule has 0 spiro atoms. The number of hydrogen-bond acceptors (Lipinski definition) is 2. The Labute approximate surface area is 130 Å². The molecule has 0 saturated carbocycles. The molecule has 2 aromatic rings. The van der Waals surface area contributed by atoms with Gasteiger partial charge in [0.15, 0.2) is 0 Å². The molecule has 2 N–H and O–H groups in total. The molecule has 0 saturated heterocycles. The van der Waals surface area contributed by atoms with E-state index in [4.69, 9.17) is 0 Å². The lowest BCUT2D eigenvalue weighted by molar-refractivity contribution is 0.0697. The van der Waals surface area contributed by atoms with Crippen LogP contribution in [0, 0.1) is 0 Å². The molecule has 0 aromatic heterocycles. The molecule has 1 aliphatic rings. The SMILES string of the molecule is CNCc1ccccc1C1=CCCc2ccc(C(=O)O)cc21. The van der Waals surface area contributed by atoms with Crippen LogP contribution in [0.2, 0.25) is 0 Å². The maximum Gasteiger partial charge on any atom is 0.335 e. The number of carboxylic acids is 1. The summed E-state index contributed by atoms with van der Waals surface area (Å²) in [7, 11) is 1.93. The van der Waals surface area contributed by atoms with Crippen LogP contribution in [0.5, 0.6) is 0 Å². The summed E-state index contributed by atoms with van der Waals surface area (Å²) in [5, 5.41) is 12.4. The summed E-state index contributed by atoms with van der Waals surface area (Å²) >= 11 is 0. The van der Waals surface area contributed by atoms with E-state index in [1.54, 1.807) is 12.1 Å². The van der Waals surface area contributed by atoms with Crippen LogP contribution in [0.15, 0.2) is 48.5 Å². The number of nitrogens with one attached hydrogen (secondary N) is 1. The van der Waals surface area contributed by atoms with Gasteiger partial charge in [-0.2, -0.15) is 0 Å². The lowest BCUT2D eigenvalue weighted by Crippen LogP contribution is -2.10. The summed E-state index contributed by atoms with van der Waals surface area (Å²) < 4.78 is 0. The van der Waals surface area contributed by atoms with E-state index in [-0.39, 0.29) is 0 Å². The maximum absolute atomic E-state index is 11.3. The minimum atomic E-state index is -0.878. The molecule has 0 aliphatic heterocycles. The molecular formula is C19H19NO2. The van der Waals surface area contributed by atoms with E-state index in [1.807, 2.05) is 25.2 Å². The van der Waals surface area contributed by atoms with Gasteiger partial charge >= 0.3 is 5.97 Å².